The Bertz CT molecular complexity index is 398. The summed E-state index contributed by atoms with van der Waals surface area (Å²) in [5.74, 6) is 1.06. The van der Waals surface area contributed by atoms with Gasteiger partial charge in [-0.25, -0.2) is 0 Å². The van der Waals surface area contributed by atoms with E-state index in [0.29, 0.717) is 6.10 Å². The number of hydrogen-bond acceptors (Lipinski definition) is 4. The number of halogens is 1. The Morgan fingerprint density at radius 2 is 1.71 bits per heavy atom. The summed E-state index contributed by atoms with van der Waals surface area (Å²) in [5.41, 5.74) is 0. The summed E-state index contributed by atoms with van der Waals surface area (Å²) in [4.78, 5) is 9.49. The Labute approximate surface area is 189 Å². The molecule has 2 fully saturated rings. The van der Waals surface area contributed by atoms with Crippen molar-refractivity contribution < 1.29 is 9.47 Å². The van der Waals surface area contributed by atoms with Gasteiger partial charge in [0.15, 0.2) is 5.96 Å². The summed E-state index contributed by atoms with van der Waals surface area (Å²) in [6.07, 6.45) is 11.6. The van der Waals surface area contributed by atoms with Crippen LogP contribution < -0.4 is 5.32 Å². The molecule has 2 saturated heterocycles. The first-order chi connectivity index (χ1) is 13.3. The molecule has 0 spiro atoms. The Morgan fingerprint density at radius 1 is 0.964 bits per heavy atom. The number of hydrogen-bond donors (Lipinski definition) is 1. The molecule has 0 radical (unpaired) electrons. The quantitative estimate of drug-likeness (QED) is 0.200. The number of aliphatic imine (C=N–C) groups is 1. The van der Waals surface area contributed by atoms with E-state index in [1.54, 1.807) is 7.11 Å². The van der Waals surface area contributed by atoms with Gasteiger partial charge in [0.2, 0.25) is 0 Å². The third-order valence-electron chi connectivity index (χ3n) is 5.68. The molecule has 2 aliphatic rings. The zero-order chi connectivity index (χ0) is 19.2. The van der Waals surface area contributed by atoms with Crippen molar-refractivity contribution in [3.05, 3.63) is 0 Å². The lowest BCUT2D eigenvalue weighted by molar-refractivity contribution is 0.00991. The zero-order valence-corrected chi connectivity index (χ0v) is 20.5. The van der Waals surface area contributed by atoms with Crippen LogP contribution in [0.4, 0.5) is 0 Å². The van der Waals surface area contributed by atoms with Crippen LogP contribution in [0.3, 0.4) is 0 Å². The van der Waals surface area contributed by atoms with E-state index in [2.05, 4.69) is 20.1 Å². The topological polar surface area (TPSA) is 49.3 Å². The van der Waals surface area contributed by atoms with Gasteiger partial charge >= 0.3 is 0 Å². The highest BCUT2D eigenvalue weighted by Gasteiger charge is 2.21. The second kappa shape index (κ2) is 16.7. The van der Waals surface area contributed by atoms with Crippen LogP contribution in [0.5, 0.6) is 0 Å². The lowest BCUT2D eigenvalue weighted by atomic mass is 10.1. The van der Waals surface area contributed by atoms with Crippen LogP contribution in [0.25, 0.3) is 0 Å². The van der Waals surface area contributed by atoms with Crippen LogP contribution in [-0.2, 0) is 9.47 Å². The predicted octanol–water partition coefficient (Wildman–Crippen LogP) is 3.35. The van der Waals surface area contributed by atoms with E-state index in [4.69, 9.17) is 9.47 Å². The summed E-state index contributed by atoms with van der Waals surface area (Å²) in [6, 6.07) is 0. The molecule has 6 nitrogen and oxygen atoms in total. The van der Waals surface area contributed by atoms with Crippen molar-refractivity contribution in [2.24, 2.45) is 4.99 Å². The van der Waals surface area contributed by atoms with Crippen LogP contribution in [0.1, 0.15) is 57.8 Å². The fraction of sp³-hybridized carbons (Fsp3) is 0.952. The van der Waals surface area contributed by atoms with Gasteiger partial charge in [-0.15, -0.1) is 24.0 Å². The number of rotatable bonds is 11. The number of nitrogens with zero attached hydrogens (tertiary/aromatic N) is 3. The smallest absolute Gasteiger partial charge is 0.193 e. The molecule has 0 aromatic heterocycles. The van der Waals surface area contributed by atoms with E-state index in [-0.39, 0.29) is 24.0 Å². The summed E-state index contributed by atoms with van der Waals surface area (Å²) < 4.78 is 11.0. The van der Waals surface area contributed by atoms with Gasteiger partial charge in [-0.3, -0.25) is 4.99 Å². The Morgan fingerprint density at radius 3 is 2.39 bits per heavy atom. The Balaban J connectivity index is 0.00000392. The number of guanidine groups is 1. The minimum absolute atomic E-state index is 0. The predicted molar refractivity (Wildman–Crippen MR) is 128 cm³/mol. The normalized spacial score (nSPS) is 19.5. The number of likely N-dealkylation sites (tertiary alicyclic amines) is 2. The number of ether oxygens (including phenoxy) is 2. The van der Waals surface area contributed by atoms with Crippen molar-refractivity contribution in [2.45, 2.75) is 63.9 Å². The van der Waals surface area contributed by atoms with Gasteiger partial charge in [0.1, 0.15) is 0 Å². The molecule has 0 unspecified atom stereocenters. The number of nitrogens with one attached hydrogen (secondary N) is 1. The molecule has 0 aromatic rings. The fourth-order valence-electron chi connectivity index (χ4n) is 4.04. The van der Waals surface area contributed by atoms with Gasteiger partial charge in [0.05, 0.1) is 6.10 Å². The third kappa shape index (κ3) is 10.6. The molecule has 0 bridgehead atoms. The highest BCUT2D eigenvalue weighted by molar-refractivity contribution is 14.0. The first kappa shape index (κ1) is 25.9. The van der Waals surface area contributed by atoms with E-state index >= 15 is 0 Å². The molecule has 0 atom stereocenters. The van der Waals surface area contributed by atoms with Crippen molar-refractivity contribution in [1.82, 2.24) is 15.1 Å². The highest BCUT2D eigenvalue weighted by atomic mass is 127. The fourth-order valence-corrected chi connectivity index (χ4v) is 4.04. The first-order valence-corrected chi connectivity index (χ1v) is 11.1. The van der Waals surface area contributed by atoms with Crippen molar-refractivity contribution in [3.63, 3.8) is 0 Å². The molecule has 1 N–H and O–H groups in total. The van der Waals surface area contributed by atoms with Crippen LogP contribution in [0, 0.1) is 0 Å². The molecule has 0 aromatic carbocycles. The van der Waals surface area contributed by atoms with E-state index in [0.717, 1.165) is 58.1 Å². The molecule has 0 aliphatic carbocycles. The minimum atomic E-state index is 0. The van der Waals surface area contributed by atoms with Crippen molar-refractivity contribution >= 4 is 29.9 Å². The maximum atomic E-state index is 5.95. The lowest BCUT2D eigenvalue weighted by Gasteiger charge is -2.34. The summed E-state index contributed by atoms with van der Waals surface area (Å²) in [6.45, 7) is 8.60. The molecule has 2 aliphatic heterocycles. The van der Waals surface area contributed by atoms with E-state index in [9.17, 15) is 0 Å². The second-order valence-corrected chi connectivity index (χ2v) is 7.84. The van der Waals surface area contributed by atoms with Crippen LogP contribution in [-0.4, -0.2) is 88.5 Å². The minimum Gasteiger partial charge on any atom is -0.385 e. The molecule has 2 rings (SSSR count). The third-order valence-corrected chi connectivity index (χ3v) is 5.68. The van der Waals surface area contributed by atoms with Crippen LogP contribution in [0.2, 0.25) is 0 Å². The monoisotopic (exact) mass is 510 g/mol. The van der Waals surface area contributed by atoms with Crippen molar-refractivity contribution in [1.29, 1.82) is 0 Å². The highest BCUT2D eigenvalue weighted by Crippen LogP contribution is 2.14. The Kier molecular flexibility index (Phi) is 15.4. The van der Waals surface area contributed by atoms with Crippen LogP contribution >= 0.6 is 24.0 Å². The van der Waals surface area contributed by atoms with Crippen LogP contribution in [0.15, 0.2) is 4.99 Å². The molecule has 2 heterocycles. The lowest BCUT2D eigenvalue weighted by Crippen LogP contribution is -2.47. The largest absolute Gasteiger partial charge is 0.385 e. The first-order valence-electron chi connectivity index (χ1n) is 11.1. The van der Waals surface area contributed by atoms with Gasteiger partial charge < -0.3 is 24.6 Å². The molecule has 0 saturated carbocycles. The summed E-state index contributed by atoms with van der Waals surface area (Å²) in [7, 11) is 3.64. The molecular formula is C21H43IN4O2. The molecule has 0 amide bonds. The number of unbranched alkanes of at least 4 members (excludes halogenated alkanes) is 2. The second-order valence-electron chi connectivity index (χ2n) is 7.84. The molecular weight excluding hydrogens is 467 g/mol. The van der Waals surface area contributed by atoms with E-state index in [1.807, 2.05) is 7.05 Å². The maximum Gasteiger partial charge on any atom is 0.193 e. The number of methoxy groups -OCH3 is 1. The van der Waals surface area contributed by atoms with E-state index < -0.39 is 0 Å². The Hall–Kier alpha value is -0.120. The SMILES string of the molecule is CN=C(NCCCCCN1CCCCC1)N1CCC(OCCCOC)CC1.I. The van der Waals surface area contributed by atoms with Gasteiger partial charge in [0, 0.05) is 47.0 Å². The van der Waals surface area contributed by atoms with Gasteiger partial charge in [-0.05, 0) is 64.6 Å². The molecule has 7 heteroatoms. The molecule has 28 heavy (non-hydrogen) atoms. The number of piperidine rings is 2. The van der Waals surface area contributed by atoms with Gasteiger partial charge in [-0.1, -0.05) is 12.8 Å². The molecule has 166 valence electrons. The zero-order valence-electron chi connectivity index (χ0n) is 18.2. The average molecular weight is 511 g/mol. The van der Waals surface area contributed by atoms with Crippen molar-refractivity contribution in [3.8, 4) is 0 Å². The van der Waals surface area contributed by atoms with Crippen molar-refractivity contribution in [2.75, 3.05) is 66.6 Å². The summed E-state index contributed by atoms with van der Waals surface area (Å²) >= 11 is 0. The maximum absolute atomic E-state index is 5.95. The van der Waals surface area contributed by atoms with E-state index in [1.165, 1.54) is 58.2 Å². The average Bonchev–Trinajstić information content (AvgIpc) is 2.72. The van der Waals surface area contributed by atoms with Gasteiger partial charge in [0.25, 0.3) is 0 Å². The summed E-state index contributed by atoms with van der Waals surface area (Å²) in [5, 5.41) is 3.56. The van der Waals surface area contributed by atoms with Gasteiger partial charge in [-0.2, -0.15) is 0 Å². The standard InChI is InChI=1S/C21H42N4O2.HI/c1-22-21(23-12-5-3-6-13-24-14-7-4-8-15-24)25-16-10-20(11-17-25)27-19-9-18-26-2;/h20H,3-19H2,1-2H3,(H,22,23);1H.